The number of anilines is 2. The molecule has 2 aromatic rings. The average molecular weight is 364 g/mol. The standard InChI is InChI=1S/C17H20N2O3S2/c1-13(17(20)18-14-8-7-11-16(12-14)23-2)19(24(3,21)22)15-9-5-4-6-10-15/h4-13H,1-3H3,(H,18,20)/t13-/m1/s1. The van der Waals surface area contributed by atoms with E-state index in [0.717, 1.165) is 15.5 Å². The summed E-state index contributed by atoms with van der Waals surface area (Å²) < 4.78 is 25.5. The van der Waals surface area contributed by atoms with Gasteiger partial charge in [-0.15, -0.1) is 11.8 Å². The zero-order chi connectivity index (χ0) is 17.7. The molecule has 24 heavy (non-hydrogen) atoms. The number of rotatable bonds is 6. The van der Waals surface area contributed by atoms with E-state index in [-0.39, 0.29) is 5.91 Å². The maximum atomic E-state index is 12.5. The van der Waals surface area contributed by atoms with Crippen LogP contribution in [0.25, 0.3) is 0 Å². The normalized spacial score (nSPS) is 12.5. The van der Waals surface area contributed by atoms with Gasteiger partial charge in [-0.2, -0.15) is 0 Å². The number of carbonyl (C=O) groups is 1. The third-order valence-corrected chi connectivity index (χ3v) is 5.40. The third kappa shape index (κ3) is 4.52. The van der Waals surface area contributed by atoms with E-state index in [1.54, 1.807) is 55.1 Å². The van der Waals surface area contributed by atoms with Crippen molar-refractivity contribution in [3.05, 3.63) is 54.6 Å². The number of sulfonamides is 1. The minimum Gasteiger partial charge on any atom is -0.324 e. The van der Waals surface area contributed by atoms with Crippen molar-refractivity contribution in [2.24, 2.45) is 0 Å². The van der Waals surface area contributed by atoms with Gasteiger partial charge >= 0.3 is 0 Å². The largest absolute Gasteiger partial charge is 0.324 e. The van der Waals surface area contributed by atoms with Gasteiger partial charge in [0, 0.05) is 10.6 Å². The molecule has 1 atom stereocenters. The lowest BCUT2D eigenvalue weighted by molar-refractivity contribution is -0.116. The molecule has 1 N–H and O–H groups in total. The van der Waals surface area contributed by atoms with E-state index in [1.807, 2.05) is 24.5 Å². The second-order valence-corrected chi connectivity index (χ2v) is 8.03. The molecule has 128 valence electrons. The van der Waals surface area contributed by atoms with Crippen LogP contribution in [0.2, 0.25) is 0 Å². The zero-order valence-electron chi connectivity index (χ0n) is 13.8. The minimum absolute atomic E-state index is 0.387. The lowest BCUT2D eigenvalue weighted by atomic mass is 10.2. The van der Waals surface area contributed by atoms with E-state index in [1.165, 1.54) is 0 Å². The van der Waals surface area contributed by atoms with Crippen molar-refractivity contribution in [2.75, 3.05) is 22.1 Å². The molecule has 0 aliphatic heterocycles. The van der Waals surface area contributed by atoms with E-state index in [0.29, 0.717) is 11.4 Å². The molecule has 0 radical (unpaired) electrons. The van der Waals surface area contributed by atoms with Gasteiger partial charge in [0.25, 0.3) is 0 Å². The highest BCUT2D eigenvalue weighted by Crippen LogP contribution is 2.22. The van der Waals surface area contributed by atoms with Gasteiger partial charge in [-0.05, 0) is 43.5 Å². The lowest BCUT2D eigenvalue weighted by Crippen LogP contribution is -2.45. The number of amides is 1. The van der Waals surface area contributed by atoms with Gasteiger partial charge in [-0.25, -0.2) is 8.42 Å². The van der Waals surface area contributed by atoms with Crippen LogP contribution in [-0.2, 0) is 14.8 Å². The quantitative estimate of drug-likeness (QED) is 0.800. The van der Waals surface area contributed by atoms with E-state index in [9.17, 15) is 13.2 Å². The monoisotopic (exact) mass is 364 g/mol. The molecular formula is C17H20N2O3S2. The van der Waals surface area contributed by atoms with E-state index in [2.05, 4.69) is 5.32 Å². The van der Waals surface area contributed by atoms with Crippen LogP contribution < -0.4 is 9.62 Å². The zero-order valence-corrected chi connectivity index (χ0v) is 15.4. The lowest BCUT2D eigenvalue weighted by Gasteiger charge is -2.28. The molecule has 2 aromatic carbocycles. The highest BCUT2D eigenvalue weighted by molar-refractivity contribution is 7.98. The van der Waals surface area contributed by atoms with Gasteiger partial charge in [0.2, 0.25) is 15.9 Å². The predicted octanol–water partition coefficient (Wildman–Crippen LogP) is 3.20. The van der Waals surface area contributed by atoms with Crippen LogP contribution in [-0.4, -0.2) is 32.9 Å². The molecule has 1 amide bonds. The fraction of sp³-hybridized carbons (Fsp3) is 0.235. The van der Waals surface area contributed by atoms with Crippen LogP contribution in [0.1, 0.15) is 6.92 Å². The average Bonchev–Trinajstić information content (AvgIpc) is 2.54. The number of nitrogens with zero attached hydrogens (tertiary/aromatic N) is 1. The van der Waals surface area contributed by atoms with Gasteiger partial charge in [0.15, 0.2) is 0 Å². The van der Waals surface area contributed by atoms with Crippen molar-refractivity contribution in [3.63, 3.8) is 0 Å². The summed E-state index contributed by atoms with van der Waals surface area (Å²) in [4.78, 5) is 13.6. The first-order valence-corrected chi connectivity index (χ1v) is 10.4. The van der Waals surface area contributed by atoms with Crippen molar-refractivity contribution in [2.45, 2.75) is 17.9 Å². The highest BCUT2D eigenvalue weighted by Gasteiger charge is 2.29. The molecule has 0 aliphatic rings. The van der Waals surface area contributed by atoms with Gasteiger partial charge in [-0.3, -0.25) is 9.10 Å². The first kappa shape index (κ1) is 18.4. The summed E-state index contributed by atoms with van der Waals surface area (Å²) in [5.41, 5.74) is 1.10. The Morgan fingerprint density at radius 2 is 1.79 bits per heavy atom. The summed E-state index contributed by atoms with van der Waals surface area (Å²) in [6.07, 6.45) is 3.04. The van der Waals surface area contributed by atoms with Crippen molar-refractivity contribution in [1.29, 1.82) is 0 Å². The third-order valence-electron chi connectivity index (χ3n) is 3.44. The Hall–Kier alpha value is -1.99. The molecule has 0 saturated heterocycles. The molecule has 0 heterocycles. The smallest absolute Gasteiger partial charge is 0.247 e. The second-order valence-electron chi connectivity index (χ2n) is 5.29. The number of nitrogens with one attached hydrogen (secondary N) is 1. The molecule has 0 saturated carbocycles. The van der Waals surface area contributed by atoms with E-state index < -0.39 is 16.1 Å². The van der Waals surface area contributed by atoms with Gasteiger partial charge in [-0.1, -0.05) is 24.3 Å². The van der Waals surface area contributed by atoms with Crippen molar-refractivity contribution in [1.82, 2.24) is 0 Å². The maximum absolute atomic E-state index is 12.5. The molecule has 0 bridgehead atoms. The molecule has 0 aliphatic carbocycles. The SMILES string of the molecule is CSc1cccc(NC(=O)[C@@H](C)N(c2ccccc2)S(C)(=O)=O)c1. The van der Waals surface area contributed by atoms with Crippen molar-refractivity contribution < 1.29 is 13.2 Å². The number of thioether (sulfide) groups is 1. The van der Waals surface area contributed by atoms with Gasteiger partial charge in [0.1, 0.15) is 6.04 Å². The molecule has 5 nitrogen and oxygen atoms in total. The van der Waals surface area contributed by atoms with Crippen LogP contribution >= 0.6 is 11.8 Å². The topological polar surface area (TPSA) is 66.5 Å². The summed E-state index contributed by atoms with van der Waals surface area (Å²) in [6.45, 7) is 1.57. The number of benzene rings is 2. The van der Waals surface area contributed by atoms with Crippen LogP contribution in [0.5, 0.6) is 0 Å². The van der Waals surface area contributed by atoms with Gasteiger partial charge in [0.05, 0.1) is 11.9 Å². The summed E-state index contributed by atoms with van der Waals surface area (Å²) in [6, 6.07) is 15.1. The molecule has 7 heteroatoms. The van der Waals surface area contributed by atoms with Crippen molar-refractivity contribution >= 4 is 39.1 Å². The summed E-state index contributed by atoms with van der Waals surface area (Å²) in [5.74, 6) is -0.387. The summed E-state index contributed by atoms with van der Waals surface area (Å²) in [7, 11) is -3.60. The van der Waals surface area contributed by atoms with Crippen LogP contribution in [0, 0.1) is 0 Å². The molecule has 0 unspecified atom stereocenters. The molecule has 2 rings (SSSR count). The summed E-state index contributed by atoms with van der Waals surface area (Å²) >= 11 is 1.57. The highest BCUT2D eigenvalue weighted by atomic mass is 32.2. The van der Waals surface area contributed by atoms with Crippen LogP contribution in [0.4, 0.5) is 11.4 Å². The van der Waals surface area contributed by atoms with Crippen LogP contribution in [0.3, 0.4) is 0 Å². The number of para-hydroxylation sites is 1. The fourth-order valence-corrected chi connectivity index (χ4v) is 3.97. The van der Waals surface area contributed by atoms with Crippen molar-refractivity contribution in [3.8, 4) is 0 Å². The fourth-order valence-electron chi connectivity index (χ4n) is 2.33. The first-order valence-electron chi connectivity index (χ1n) is 7.32. The Morgan fingerprint density at radius 3 is 2.38 bits per heavy atom. The molecule has 0 spiro atoms. The number of hydrogen-bond acceptors (Lipinski definition) is 4. The van der Waals surface area contributed by atoms with Crippen LogP contribution in [0.15, 0.2) is 59.5 Å². The Labute approximate surface area is 147 Å². The van der Waals surface area contributed by atoms with E-state index >= 15 is 0 Å². The Bertz CT molecular complexity index is 808. The Balaban J connectivity index is 2.26. The molecular weight excluding hydrogens is 344 g/mol. The van der Waals surface area contributed by atoms with Gasteiger partial charge < -0.3 is 5.32 Å². The second kappa shape index (κ2) is 7.72. The Morgan fingerprint density at radius 1 is 1.12 bits per heavy atom. The molecule has 0 aromatic heterocycles. The minimum atomic E-state index is -3.60. The number of carbonyl (C=O) groups excluding carboxylic acids is 1. The predicted molar refractivity (Wildman–Crippen MR) is 100 cm³/mol. The Kier molecular flexibility index (Phi) is 5.90. The maximum Gasteiger partial charge on any atom is 0.247 e. The summed E-state index contributed by atoms with van der Waals surface area (Å²) in [5, 5.41) is 2.78. The molecule has 0 fully saturated rings. The first-order chi connectivity index (χ1) is 11.3. The number of hydrogen-bond donors (Lipinski definition) is 1. The van der Waals surface area contributed by atoms with E-state index in [4.69, 9.17) is 0 Å².